The van der Waals surface area contributed by atoms with Crippen LogP contribution in [-0.2, 0) is 0 Å². The van der Waals surface area contributed by atoms with Gasteiger partial charge in [0.15, 0.2) is 0 Å². The smallest absolute Gasteiger partial charge is 0.251 e. The average molecular weight is 377 g/mol. The molecule has 1 saturated heterocycles. The summed E-state index contributed by atoms with van der Waals surface area (Å²) in [7, 11) is 0. The highest BCUT2D eigenvalue weighted by atomic mass is 127. The molecule has 1 aliphatic rings. The number of halogens is 2. The molecule has 1 heterocycles. The van der Waals surface area contributed by atoms with Gasteiger partial charge in [-0.05, 0) is 40.8 Å². The topological polar surface area (TPSA) is 44.4 Å². The first kappa shape index (κ1) is 14.7. The van der Waals surface area contributed by atoms with E-state index in [1.165, 1.54) is 6.07 Å². The van der Waals surface area contributed by atoms with Gasteiger partial charge in [0.05, 0.1) is 0 Å². The van der Waals surface area contributed by atoms with E-state index in [1.807, 2.05) is 22.6 Å². The van der Waals surface area contributed by atoms with Gasteiger partial charge in [-0.2, -0.15) is 0 Å². The van der Waals surface area contributed by atoms with E-state index in [0.717, 1.165) is 32.7 Å². The van der Waals surface area contributed by atoms with Crippen molar-refractivity contribution in [1.29, 1.82) is 0 Å². The molecule has 1 fully saturated rings. The lowest BCUT2D eigenvalue weighted by Gasteiger charge is -2.27. The fourth-order valence-corrected chi connectivity index (χ4v) is 2.34. The van der Waals surface area contributed by atoms with Crippen molar-refractivity contribution in [1.82, 2.24) is 15.5 Å². The van der Waals surface area contributed by atoms with Crippen LogP contribution in [0, 0.1) is 9.39 Å². The number of nitrogens with zero attached hydrogens (tertiary/aromatic N) is 1. The number of benzene rings is 1. The van der Waals surface area contributed by atoms with Gasteiger partial charge >= 0.3 is 0 Å². The summed E-state index contributed by atoms with van der Waals surface area (Å²) < 4.78 is 13.9. The summed E-state index contributed by atoms with van der Waals surface area (Å²) in [6.07, 6.45) is 0. The van der Waals surface area contributed by atoms with Crippen LogP contribution in [0.2, 0.25) is 0 Å². The second kappa shape index (κ2) is 7.16. The lowest BCUT2D eigenvalue weighted by atomic mass is 10.2. The summed E-state index contributed by atoms with van der Waals surface area (Å²) in [6.45, 7) is 5.43. The zero-order valence-corrected chi connectivity index (χ0v) is 12.7. The third kappa shape index (κ3) is 4.39. The van der Waals surface area contributed by atoms with Gasteiger partial charge in [0.25, 0.3) is 5.91 Å². The molecular weight excluding hydrogens is 360 g/mol. The van der Waals surface area contributed by atoms with E-state index in [1.54, 1.807) is 12.1 Å². The van der Waals surface area contributed by atoms with Crippen molar-refractivity contribution in [2.24, 2.45) is 0 Å². The van der Waals surface area contributed by atoms with Crippen molar-refractivity contribution >= 4 is 28.5 Å². The van der Waals surface area contributed by atoms with Crippen LogP contribution in [-0.4, -0.2) is 50.1 Å². The first-order valence-corrected chi connectivity index (χ1v) is 7.41. The monoisotopic (exact) mass is 377 g/mol. The summed E-state index contributed by atoms with van der Waals surface area (Å²) in [4.78, 5) is 14.1. The number of piperazine rings is 1. The second-order valence-electron chi connectivity index (χ2n) is 4.48. The molecule has 6 heteroatoms. The van der Waals surface area contributed by atoms with Crippen molar-refractivity contribution in [3.8, 4) is 0 Å². The van der Waals surface area contributed by atoms with Gasteiger partial charge in [-0.15, -0.1) is 0 Å². The molecule has 0 unspecified atom stereocenters. The van der Waals surface area contributed by atoms with E-state index in [-0.39, 0.29) is 11.7 Å². The molecule has 4 nitrogen and oxygen atoms in total. The van der Waals surface area contributed by atoms with Crippen LogP contribution in [0.3, 0.4) is 0 Å². The standard InChI is InChI=1S/C13H17FIN3O/c14-11-9-10(1-2-12(11)15)13(19)17-5-8-18-6-3-16-4-7-18/h1-2,9,16H,3-8H2,(H,17,19). The van der Waals surface area contributed by atoms with E-state index in [4.69, 9.17) is 0 Å². The van der Waals surface area contributed by atoms with Crippen molar-refractivity contribution in [2.75, 3.05) is 39.3 Å². The van der Waals surface area contributed by atoms with Crippen LogP contribution in [0.1, 0.15) is 10.4 Å². The Balaban J connectivity index is 1.78. The third-order valence-corrected chi connectivity index (χ3v) is 3.98. The van der Waals surface area contributed by atoms with Gasteiger partial charge < -0.3 is 10.6 Å². The Kier molecular flexibility index (Phi) is 5.53. The van der Waals surface area contributed by atoms with E-state index in [2.05, 4.69) is 15.5 Å². The Morgan fingerprint density at radius 3 is 2.84 bits per heavy atom. The summed E-state index contributed by atoms with van der Waals surface area (Å²) >= 11 is 1.90. The highest BCUT2D eigenvalue weighted by Crippen LogP contribution is 2.12. The SMILES string of the molecule is O=C(NCCN1CCNCC1)c1ccc(I)c(F)c1. The maximum atomic E-state index is 13.3. The van der Waals surface area contributed by atoms with Gasteiger partial charge in [0.1, 0.15) is 5.82 Å². The number of carbonyl (C=O) groups is 1. The maximum Gasteiger partial charge on any atom is 0.251 e. The van der Waals surface area contributed by atoms with Crippen molar-refractivity contribution in [3.05, 3.63) is 33.1 Å². The van der Waals surface area contributed by atoms with Crippen LogP contribution in [0.15, 0.2) is 18.2 Å². The molecule has 0 atom stereocenters. The zero-order chi connectivity index (χ0) is 13.7. The summed E-state index contributed by atoms with van der Waals surface area (Å²) in [5.41, 5.74) is 0.373. The molecule has 2 rings (SSSR count). The number of amides is 1. The molecule has 0 spiro atoms. The highest BCUT2D eigenvalue weighted by Gasteiger charge is 2.11. The van der Waals surface area contributed by atoms with Crippen LogP contribution < -0.4 is 10.6 Å². The largest absolute Gasteiger partial charge is 0.351 e. The number of rotatable bonds is 4. The lowest BCUT2D eigenvalue weighted by Crippen LogP contribution is -2.46. The predicted octanol–water partition coefficient (Wildman–Crippen LogP) is 1.07. The zero-order valence-electron chi connectivity index (χ0n) is 10.6. The fraction of sp³-hybridized carbons (Fsp3) is 0.462. The summed E-state index contributed by atoms with van der Waals surface area (Å²) in [5, 5.41) is 6.10. The van der Waals surface area contributed by atoms with E-state index in [0.29, 0.717) is 15.7 Å². The molecule has 0 saturated carbocycles. The molecule has 0 aliphatic carbocycles. The molecule has 0 bridgehead atoms. The molecular formula is C13H17FIN3O. The molecule has 1 aromatic rings. The molecule has 1 amide bonds. The van der Waals surface area contributed by atoms with Gasteiger partial charge in [0.2, 0.25) is 0 Å². The number of hydrogen-bond acceptors (Lipinski definition) is 3. The van der Waals surface area contributed by atoms with Crippen molar-refractivity contribution in [2.45, 2.75) is 0 Å². The van der Waals surface area contributed by atoms with Crippen LogP contribution in [0.25, 0.3) is 0 Å². The van der Waals surface area contributed by atoms with Crippen LogP contribution in [0.5, 0.6) is 0 Å². The van der Waals surface area contributed by atoms with Crippen LogP contribution >= 0.6 is 22.6 Å². The van der Waals surface area contributed by atoms with E-state index in [9.17, 15) is 9.18 Å². The van der Waals surface area contributed by atoms with Gasteiger partial charge in [-0.3, -0.25) is 9.69 Å². The normalized spacial score (nSPS) is 16.3. The summed E-state index contributed by atoms with van der Waals surface area (Å²) in [5.74, 6) is -0.569. The Labute approximate surface area is 125 Å². The van der Waals surface area contributed by atoms with Gasteiger partial charge in [-0.1, -0.05) is 0 Å². The van der Waals surface area contributed by atoms with Crippen molar-refractivity contribution in [3.63, 3.8) is 0 Å². The number of hydrogen-bond donors (Lipinski definition) is 2. The first-order chi connectivity index (χ1) is 9.16. The predicted molar refractivity (Wildman–Crippen MR) is 80.8 cm³/mol. The second-order valence-corrected chi connectivity index (χ2v) is 5.64. The Morgan fingerprint density at radius 1 is 1.42 bits per heavy atom. The minimum atomic E-state index is -0.352. The maximum absolute atomic E-state index is 13.3. The Bertz CT molecular complexity index is 450. The summed E-state index contributed by atoms with van der Waals surface area (Å²) in [6, 6.07) is 4.54. The third-order valence-electron chi connectivity index (χ3n) is 3.10. The van der Waals surface area contributed by atoms with Gasteiger partial charge in [0, 0.05) is 48.4 Å². The fourth-order valence-electron chi connectivity index (χ4n) is 2.00. The number of carbonyl (C=O) groups excluding carboxylic acids is 1. The lowest BCUT2D eigenvalue weighted by molar-refractivity contribution is 0.0947. The minimum absolute atomic E-state index is 0.217. The molecule has 1 aromatic carbocycles. The highest BCUT2D eigenvalue weighted by molar-refractivity contribution is 14.1. The van der Waals surface area contributed by atoms with Crippen molar-refractivity contribution < 1.29 is 9.18 Å². The van der Waals surface area contributed by atoms with E-state index < -0.39 is 0 Å². The number of nitrogens with one attached hydrogen (secondary N) is 2. The molecule has 104 valence electrons. The minimum Gasteiger partial charge on any atom is -0.351 e. The van der Waals surface area contributed by atoms with Gasteiger partial charge in [-0.25, -0.2) is 4.39 Å². The molecule has 19 heavy (non-hydrogen) atoms. The Hall–Kier alpha value is -0.730. The molecule has 2 N–H and O–H groups in total. The quantitative estimate of drug-likeness (QED) is 0.772. The first-order valence-electron chi connectivity index (χ1n) is 6.33. The Morgan fingerprint density at radius 2 is 2.16 bits per heavy atom. The molecule has 0 aromatic heterocycles. The van der Waals surface area contributed by atoms with E-state index >= 15 is 0 Å². The van der Waals surface area contributed by atoms with Crippen LogP contribution in [0.4, 0.5) is 4.39 Å². The molecule has 1 aliphatic heterocycles. The molecule has 0 radical (unpaired) electrons. The average Bonchev–Trinajstić information content (AvgIpc) is 2.43.